The first-order chi connectivity index (χ1) is 8.93. The summed E-state index contributed by atoms with van der Waals surface area (Å²) < 4.78 is 24.2. The monoisotopic (exact) mass is 283 g/mol. The molecular formula is C10H13N5O3S. The minimum Gasteiger partial charge on any atom is -0.329 e. The quantitative estimate of drug-likeness (QED) is 0.796. The predicted molar refractivity (Wildman–Crippen MR) is 67.7 cm³/mol. The highest BCUT2D eigenvalue weighted by Crippen LogP contribution is 2.18. The van der Waals surface area contributed by atoms with Crippen LogP contribution in [0, 0.1) is 0 Å². The normalized spacial score (nSPS) is 11.7. The third kappa shape index (κ3) is 2.71. The summed E-state index contributed by atoms with van der Waals surface area (Å²) in [4.78, 5) is 13.8. The second kappa shape index (κ2) is 4.94. The van der Waals surface area contributed by atoms with Gasteiger partial charge in [0.25, 0.3) is 15.2 Å². The zero-order valence-electron chi connectivity index (χ0n) is 10.2. The van der Waals surface area contributed by atoms with Gasteiger partial charge in [0.05, 0.1) is 0 Å². The summed E-state index contributed by atoms with van der Waals surface area (Å²) >= 11 is 0. The Kier molecular flexibility index (Phi) is 3.49. The number of primary sulfonamides is 1. The predicted octanol–water partition coefficient (Wildman–Crippen LogP) is -0.309. The Hall–Kier alpha value is -2.00. The van der Waals surface area contributed by atoms with Gasteiger partial charge in [-0.25, -0.2) is 13.6 Å². The molecule has 102 valence electrons. The van der Waals surface area contributed by atoms with Gasteiger partial charge < -0.3 is 4.98 Å². The number of nitrogens with one attached hydrogen (secondary N) is 1. The minimum absolute atomic E-state index is 0.301. The number of sulfonamides is 1. The number of nitrogens with two attached hydrogens (primary N) is 1. The molecule has 0 aliphatic heterocycles. The van der Waals surface area contributed by atoms with Crippen LogP contribution < -0.4 is 10.7 Å². The fourth-order valence-corrected chi connectivity index (χ4v) is 2.36. The molecule has 0 saturated heterocycles. The van der Waals surface area contributed by atoms with Crippen molar-refractivity contribution in [1.82, 2.24) is 19.7 Å². The molecule has 3 N–H and O–H groups in total. The van der Waals surface area contributed by atoms with E-state index in [2.05, 4.69) is 15.2 Å². The van der Waals surface area contributed by atoms with Gasteiger partial charge in [0.2, 0.25) is 5.56 Å². The second-order valence-electron chi connectivity index (χ2n) is 3.94. The Morgan fingerprint density at radius 2 is 2.16 bits per heavy atom. The van der Waals surface area contributed by atoms with Crippen LogP contribution in [-0.4, -0.2) is 28.2 Å². The molecule has 0 radical (unpaired) electrons. The molecule has 8 nitrogen and oxygen atoms in total. The van der Waals surface area contributed by atoms with Crippen molar-refractivity contribution in [2.24, 2.45) is 5.14 Å². The van der Waals surface area contributed by atoms with Crippen LogP contribution in [0.4, 0.5) is 0 Å². The summed E-state index contributed by atoms with van der Waals surface area (Å²) in [6.07, 6.45) is 2.13. The summed E-state index contributed by atoms with van der Waals surface area (Å²) in [7, 11) is -3.95. The summed E-state index contributed by atoms with van der Waals surface area (Å²) in [6.45, 7) is 2.27. The Morgan fingerprint density at radius 1 is 1.42 bits per heavy atom. The van der Waals surface area contributed by atoms with E-state index >= 15 is 0 Å². The van der Waals surface area contributed by atoms with Crippen molar-refractivity contribution in [3.05, 3.63) is 28.7 Å². The van der Waals surface area contributed by atoms with E-state index in [1.807, 2.05) is 6.92 Å². The third-order valence-corrected chi connectivity index (χ3v) is 3.26. The van der Waals surface area contributed by atoms with Crippen molar-refractivity contribution in [2.45, 2.75) is 25.0 Å². The molecule has 0 aromatic carbocycles. The standard InChI is InChI=1S/C10H13N5O3S/c1-2-5-15-9(7-3-4-12-8(16)6-7)13-14-10(15)19(11,17)18/h3-4,6H,2,5H2,1H3,(H,12,16)(H2,11,17,18). The zero-order valence-corrected chi connectivity index (χ0v) is 11.0. The first-order valence-electron chi connectivity index (χ1n) is 5.58. The molecule has 0 aliphatic carbocycles. The number of hydrogen-bond acceptors (Lipinski definition) is 5. The molecule has 0 spiro atoms. The maximum Gasteiger partial charge on any atom is 0.273 e. The Bertz CT molecular complexity index is 747. The first-order valence-corrected chi connectivity index (χ1v) is 7.13. The second-order valence-corrected chi connectivity index (χ2v) is 5.40. The van der Waals surface area contributed by atoms with E-state index in [1.165, 1.54) is 16.8 Å². The van der Waals surface area contributed by atoms with E-state index in [1.54, 1.807) is 6.07 Å². The van der Waals surface area contributed by atoms with Crippen LogP contribution in [-0.2, 0) is 16.6 Å². The fraction of sp³-hybridized carbons (Fsp3) is 0.300. The van der Waals surface area contributed by atoms with Gasteiger partial charge in [0.1, 0.15) is 0 Å². The van der Waals surface area contributed by atoms with Crippen LogP contribution in [0.3, 0.4) is 0 Å². The van der Waals surface area contributed by atoms with Crippen LogP contribution in [0.2, 0.25) is 0 Å². The topological polar surface area (TPSA) is 124 Å². The number of pyridine rings is 1. The van der Waals surface area contributed by atoms with Gasteiger partial charge in [0, 0.05) is 24.4 Å². The highest BCUT2D eigenvalue weighted by molar-refractivity contribution is 7.89. The van der Waals surface area contributed by atoms with Crippen molar-refractivity contribution >= 4 is 10.0 Å². The van der Waals surface area contributed by atoms with E-state index in [0.717, 1.165) is 0 Å². The minimum atomic E-state index is -3.95. The van der Waals surface area contributed by atoms with Crippen molar-refractivity contribution in [3.63, 3.8) is 0 Å². The molecule has 19 heavy (non-hydrogen) atoms. The van der Waals surface area contributed by atoms with Crippen LogP contribution in [0.25, 0.3) is 11.4 Å². The number of hydrogen-bond donors (Lipinski definition) is 2. The van der Waals surface area contributed by atoms with Crippen LogP contribution in [0.15, 0.2) is 28.3 Å². The van der Waals surface area contributed by atoms with E-state index in [-0.39, 0.29) is 10.7 Å². The molecule has 0 amide bonds. The largest absolute Gasteiger partial charge is 0.329 e. The fourth-order valence-electron chi connectivity index (χ4n) is 1.72. The maximum atomic E-state index is 11.4. The van der Waals surface area contributed by atoms with E-state index in [9.17, 15) is 13.2 Å². The lowest BCUT2D eigenvalue weighted by molar-refractivity contribution is 0.559. The third-order valence-electron chi connectivity index (χ3n) is 2.45. The molecule has 0 bridgehead atoms. The molecule has 0 atom stereocenters. The van der Waals surface area contributed by atoms with Gasteiger partial charge in [0.15, 0.2) is 5.82 Å². The van der Waals surface area contributed by atoms with Crippen LogP contribution >= 0.6 is 0 Å². The molecular weight excluding hydrogens is 270 g/mol. The van der Waals surface area contributed by atoms with Gasteiger partial charge in [-0.05, 0) is 12.5 Å². The number of aromatic amines is 1. The molecule has 2 aromatic heterocycles. The summed E-state index contributed by atoms with van der Waals surface area (Å²) in [5, 5.41) is 12.2. The summed E-state index contributed by atoms with van der Waals surface area (Å²) in [5.74, 6) is 0.303. The lowest BCUT2D eigenvalue weighted by atomic mass is 10.2. The van der Waals surface area contributed by atoms with Crippen molar-refractivity contribution < 1.29 is 8.42 Å². The SMILES string of the molecule is CCCn1c(-c2cc[nH]c(=O)c2)nnc1S(N)(=O)=O. The molecule has 2 aromatic rings. The van der Waals surface area contributed by atoms with E-state index in [4.69, 9.17) is 5.14 Å². The van der Waals surface area contributed by atoms with Gasteiger partial charge >= 0.3 is 0 Å². The van der Waals surface area contributed by atoms with E-state index < -0.39 is 10.0 Å². The molecule has 2 heterocycles. The number of rotatable bonds is 4. The highest BCUT2D eigenvalue weighted by atomic mass is 32.2. The number of aromatic nitrogens is 4. The van der Waals surface area contributed by atoms with Gasteiger partial charge in [-0.15, -0.1) is 10.2 Å². The van der Waals surface area contributed by atoms with Crippen molar-refractivity contribution in [2.75, 3.05) is 0 Å². The summed E-state index contributed by atoms with van der Waals surface area (Å²) in [5.41, 5.74) is 0.181. The average molecular weight is 283 g/mol. The van der Waals surface area contributed by atoms with Crippen molar-refractivity contribution in [1.29, 1.82) is 0 Å². The molecule has 0 unspecified atom stereocenters. The van der Waals surface area contributed by atoms with Crippen LogP contribution in [0.5, 0.6) is 0 Å². The maximum absolute atomic E-state index is 11.4. The van der Waals surface area contributed by atoms with Gasteiger partial charge in [-0.1, -0.05) is 6.92 Å². The molecule has 0 aliphatic rings. The number of H-pyrrole nitrogens is 1. The molecule has 9 heteroatoms. The Morgan fingerprint density at radius 3 is 2.74 bits per heavy atom. The van der Waals surface area contributed by atoms with Gasteiger partial charge in [-0.3, -0.25) is 9.36 Å². The lowest BCUT2D eigenvalue weighted by Crippen LogP contribution is -2.19. The Balaban J connectivity index is 2.65. The average Bonchev–Trinajstić information content (AvgIpc) is 2.73. The van der Waals surface area contributed by atoms with E-state index in [0.29, 0.717) is 24.4 Å². The molecule has 0 fully saturated rings. The van der Waals surface area contributed by atoms with Crippen LogP contribution in [0.1, 0.15) is 13.3 Å². The molecule has 0 saturated carbocycles. The lowest BCUT2D eigenvalue weighted by Gasteiger charge is -2.07. The zero-order chi connectivity index (χ0) is 14.0. The smallest absolute Gasteiger partial charge is 0.273 e. The summed E-state index contributed by atoms with van der Waals surface area (Å²) in [6, 6.07) is 2.94. The molecule has 2 rings (SSSR count). The highest BCUT2D eigenvalue weighted by Gasteiger charge is 2.21. The number of nitrogens with zero attached hydrogens (tertiary/aromatic N) is 3. The van der Waals surface area contributed by atoms with Crippen molar-refractivity contribution in [3.8, 4) is 11.4 Å². The first kappa shape index (κ1) is 13.4. The van der Waals surface area contributed by atoms with Gasteiger partial charge in [-0.2, -0.15) is 0 Å². The Labute approximate surface area is 109 Å².